The number of esters is 1. The first kappa shape index (κ1) is 26.1. The average Bonchev–Trinajstić information content (AvgIpc) is 3.44. The first-order valence-corrected chi connectivity index (χ1v) is 10.0. The third-order valence-electron chi connectivity index (χ3n) is 3.95. The molecule has 4 atom stereocenters. The van der Waals surface area contributed by atoms with Crippen molar-refractivity contribution >= 4 is 29.8 Å². The lowest BCUT2D eigenvalue weighted by atomic mass is 10.1. The monoisotopic (exact) mass is 445 g/mol. The van der Waals surface area contributed by atoms with Crippen LogP contribution in [0.3, 0.4) is 0 Å². The van der Waals surface area contributed by atoms with Crippen LogP contribution in [0.15, 0.2) is 0 Å². The Bertz CT molecular complexity index is 690. The van der Waals surface area contributed by atoms with E-state index < -0.39 is 59.7 Å². The largest absolute Gasteiger partial charge is 0.480 e. The SMILES string of the molecule is CCC[C@H](NC(=O)[C@H](CNC(=O)[C@H]1O[C@@H]1C(=O)OCC)NC(=O)OC(C)(C)C)C(=O)O. The van der Waals surface area contributed by atoms with Gasteiger partial charge < -0.3 is 35.3 Å². The van der Waals surface area contributed by atoms with Gasteiger partial charge in [-0.1, -0.05) is 13.3 Å². The van der Waals surface area contributed by atoms with E-state index in [1.165, 1.54) is 0 Å². The predicted molar refractivity (Wildman–Crippen MR) is 106 cm³/mol. The summed E-state index contributed by atoms with van der Waals surface area (Å²) in [7, 11) is 0. The number of carboxylic acid groups (broad SMARTS) is 1. The summed E-state index contributed by atoms with van der Waals surface area (Å²) in [5.41, 5.74) is -0.838. The number of aliphatic carboxylic acids is 1. The van der Waals surface area contributed by atoms with Gasteiger partial charge >= 0.3 is 18.0 Å². The number of carbonyl (C=O) groups excluding carboxylic acids is 4. The summed E-state index contributed by atoms with van der Waals surface area (Å²) in [6, 6.07) is -2.48. The Labute approximate surface area is 180 Å². The summed E-state index contributed by atoms with van der Waals surface area (Å²) in [6.07, 6.45) is -2.31. The molecule has 1 aliphatic rings. The lowest BCUT2D eigenvalue weighted by molar-refractivity contribution is -0.144. The number of amides is 3. The van der Waals surface area contributed by atoms with Crippen molar-refractivity contribution in [2.75, 3.05) is 13.2 Å². The molecule has 3 amide bonds. The molecule has 0 bridgehead atoms. The normalized spacial score (nSPS) is 19.4. The van der Waals surface area contributed by atoms with Crippen LogP contribution >= 0.6 is 0 Å². The molecule has 0 radical (unpaired) electrons. The molecule has 31 heavy (non-hydrogen) atoms. The van der Waals surface area contributed by atoms with Gasteiger partial charge in [0.15, 0.2) is 12.2 Å². The minimum atomic E-state index is -1.32. The van der Waals surface area contributed by atoms with Crippen molar-refractivity contribution in [1.82, 2.24) is 16.0 Å². The molecule has 0 spiro atoms. The summed E-state index contributed by atoms with van der Waals surface area (Å²) >= 11 is 0. The van der Waals surface area contributed by atoms with Crippen LogP contribution in [0, 0.1) is 0 Å². The van der Waals surface area contributed by atoms with Crippen molar-refractivity contribution in [3.63, 3.8) is 0 Å². The predicted octanol–water partition coefficient (Wildman–Crippen LogP) is -0.304. The molecule has 0 aliphatic carbocycles. The van der Waals surface area contributed by atoms with Crippen LogP contribution < -0.4 is 16.0 Å². The average molecular weight is 445 g/mol. The second-order valence-electron chi connectivity index (χ2n) is 7.86. The second kappa shape index (κ2) is 11.5. The summed E-state index contributed by atoms with van der Waals surface area (Å²) in [6.45, 7) is 8.02. The summed E-state index contributed by atoms with van der Waals surface area (Å²) in [5.74, 6) is -3.39. The van der Waals surface area contributed by atoms with Gasteiger partial charge in [0.05, 0.1) is 6.61 Å². The van der Waals surface area contributed by atoms with Crippen LogP contribution in [-0.4, -0.2) is 78.0 Å². The van der Waals surface area contributed by atoms with Crippen molar-refractivity contribution in [1.29, 1.82) is 0 Å². The van der Waals surface area contributed by atoms with Gasteiger partial charge in [0, 0.05) is 6.54 Å². The van der Waals surface area contributed by atoms with Crippen LogP contribution in [0.1, 0.15) is 47.5 Å². The standard InChI is InChI=1S/C19H31N3O9/c1-6-8-10(16(25)26)21-14(23)11(22-18(28)31-19(3,4)5)9-20-15(24)12-13(30-12)17(27)29-7-2/h10-13H,6-9H2,1-5H3,(H,20,24)(H,21,23)(H,22,28)(H,25,26)/t10-,11-,12-,13-/m0/s1. The summed E-state index contributed by atoms with van der Waals surface area (Å²) in [4.78, 5) is 59.8. The zero-order valence-corrected chi connectivity index (χ0v) is 18.4. The van der Waals surface area contributed by atoms with Crippen LogP contribution in [0.4, 0.5) is 4.79 Å². The molecule has 12 nitrogen and oxygen atoms in total. The highest BCUT2D eigenvalue weighted by Crippen LogP contribution is 2.23. The van der Waals surface area contributed by atoms with E-state index in [4.69, 9.17) is 14.2 Å². The zero-order chi connectivity index (χ0) is 23.8. The fraction of sp³-hybridized carbons (Fsp3) is 0.737. The molecular weight excluding hydrogens is 414 g/mol. The molecule has 1 rings (SSSR count). The van der Waals surface area contributed by atoms with E-state index in [0.717, 1.165) is 0 Å². The number of hydrogen-bond donors (Lipinski definition) is 4. The van der Waals surface area contributed by atoms with Gasteiger partial charge in [0.25, 0.3) is 5.91 Å². The number of rotatable bonds is 11. The molecule has 0 aromatic rings. The molecule has 0 aromatic carbocycles. The van der Waals surface area contributed by atoms with Crippen molar-refractivity contribution in [3.8, 4) is 0 Å². The Kier molecular flexibility index (Phi) is 9.69. The lowest BCUT2D eigenvalue weighted by Gasteiger charge is -2.24. The van der Waals surface area contributed by atoms with E-state index in [9.17, 15) is 29.1 Å². The molecule has 176 valence electrons. The molecule has 1 aliphatic heterocycles. The highest BCUT2D eigenvalue weighted by Gasteiger charge is 2.51. The number of epoxide rings is 1. The van der Waals surface area contributed by atoms with Gasteiger partial charge in [-0.25, -0.2) is 14.4 Å². The fourth-order valence-electron chi connectivity index (χ4n) is 2.50. The topological polar surface area (TPSA) is 173 Å². The third-order valence-corrected chi connectivity index (χ3v) is 3.95. The van der Waals surface area contributed by atoms with Crippen molar-refractivity contribution in [2.45, 2.75) is 77.4 Å². The number of nitrogens with one attached hydrogen (secondary N) is 3. The molecule has 1 saturated heterocycles. The molecule has 4 N–H and O–H groups in total. The molecule has 12 heteroatoms. The second-order valence-corrected chi connectivity index (χ2v) is 7.86. The van der Waals surface area contributed by atoms with Crippen molar-refractivity contribution in [2.24, 2.45) is 0 Å². The highest BCUT2D eigenvalue weighted by molar-refractivity contribution is 5.94. The van der Waals surface area contributed by atoms with Gasteiger partial charge in [-0.2, -0.15) is 0 Å². The Hall–Kier alpha value is -2.89. The van der Waals surface area contributed by atoms with Gasteiger partial charge in [-0.3, -0.25) is 9.59 Å². The van der Waals surface area contributed by atoms with Gasteiger partial charge in [0.1, 0.15) is 17.7 Å². The summed E-state index contributed by atoms with van der Waals surface area (Å²) < 4.78 is 14.9. The highest BCUT2D eigenvalue weighted by atomic mass is 16.6. The van der Waals surface area contributed by atoms with E-state index in [0.29, 0.717) is 6.42 Å². The number of hydrogen-bond acceptors (Lipinski definition) is 8. The number of ether oxygens (including phenoxy) is 3. The van der Waals surface area contributed by atoms with Crippen LogP contribution in [0.2, 0.25) is 0 Å². The lowest BCUT2D eigenvalue weighted by Crippen LogP contribution is -2.56. The fourth-order valence-corrected chi connectivity index (χ4v) is 2.50. The maximum Gasteiger partial charge on any atom is 0.408 e. The maximum atomic E-state index is 12.6. The molecule has 0 aromatic heterocycles. The Morgan fingerprint density at radius 3 is 2.19 bits per heavy atom. The zero-order valence-electron chi connectivity index (χ0n) is 18.4. The van der Waals surface area contributed by atoms with E-state index in [2.05, 4.69) is 16.0 Å². The first-order chi connectivity index (χ1) is 14.4. The first-order valence-electron chi connectivity index (χ1n) is 10.0. The smallest absolute Gasteiger partial charge is 0.408 e. The maximum absolute atomic E-state index is 12.6. The van der Waals surface area contributed by atoms with Crippen molar-refractivity contribution in [3.05, 3.63) is 0 Å². The third kappa shape index (κ3) is 9.20. The Balaban J connectivity index is 2.77. The quantitative estimate of drug-likeness (QED) is 0.246. The molecule has 0 unspecified atom stereocenters. The van der Waals surface area contributed by atoms with Crippen LogP contribution in [0.25, 0.3) is 0 Å². The van der Waals surface area contributed by atoms with E-state index >= 15 is 0 Å². The van der Waals surface area contributed by atoms with Gasteiger partial charge in [-0.15, -0.1) is 0 Å². The summed E-state index contributed by atoms with van der Waals surface area (Å²) in [5, 5.41) is 16.3. The Morgan fingerprint density at radius 1 is 1.03 bits per heavy atom. The minimum absolute atomic E-state index is 0.136. The number of alkyl carbamates (subject to hydrolysis) is 1. The van der Waals surface area contributed by atoms with E-state index in [1.807, 2.05) is 0 Å². The van der Waals surface area contributed by atoms with E-state index in [-0.39, 0.29) is 19.6 Å². The number of carbonyl (C=O) groups is 5. The Morgan fingerprint density at radius 2 is 1.68 bits per heavy atom. The molecule has 1 heterocycles. The van der Waals surface area contributed by atoms with Gasteiger partial charge in [0.2, 0.25) is 5.91 Å². The molecule has 0 saturated carbocycles. The van der Waals surface area contributed by atoms with Gasteiger partial charge in [-0.05, 0) is 34.1 Å². The van der Waals surface area contributed by atoms with E-state index in [1.54, 1.807) is 34.6 Å². The minimum Gasteiger partial charge on any atom is -0.480 e. The van der Waals surface area contributed by atoms with Crippen LogP contribution in [-0.2, 0) is 33.4 Å². The van der Waals surface area contributed by atoms with Crippen LogP contribution in [0.5, 0.6) is 0 Å². The number of carboxylic acids is 1. The molecular formula is C19H31N3O9. The van der Waals surface area contributed by atoms with Crippen molar-refractivity contribution < 1.29 is 43.3 Å². The molecule has 1 fully saturated rings.